The Balaban J connectivity index is 3.15. The third-order valence-corrected chi connectivity index (χ3v) is 9.00. The van der Waals surface area contributed by atoms with Crippen LogP contribution in [0.15, 0.2) is 0 Å². The molecule has 0 rings (SSSR count). The third-order valence-electron chi connectivity index (χ3n) is 0.577. The standard InChI is InChI=1S/C5H14SeSi/c1-6-5-7(2,3)4/h5H2,1-4H3. The van der Waals surface area contributed by atoms with E-state index in [1.807, 2.05) is 0 Å². The topological polar surface area (TPSA) is 0 Å². The summed E-state index contributed by atoms with van der Waals surface area (Å²) in [5.41, 5.74) is 0. The Morgan fingerprint density at radius 2 is 1.71 bits per heavy atom. The number of rotatable bonds is 2. The predicted octanol–water partition coefficient (Wildman–Crippen LogP) is 2.03. The Morgan fingerprint density at radius 1 is 1.29 bits per heavy atom. The van der Waals surface area contributed by atoms with Crippen molar-refractivity contribution in [3.05, 3.63) is 0 Å². The molecule has 0 saturated carbocycles. The van der Waals surface area contributed by atoms with Crippen molar-refractivity contribution >= 4 is 23.0 Å². The first-order chi connectivity index (χ1) is 3.06. The van der Waals surface area contributed by atoms with Gasteiger partial charge in [-0.05, 0) is 0 Å². The monoisotopic (exact) mass is 182 g/mol. The van der Waals surface area contributed by atoms with Crippen molar-refractivity contribution in [3.8, 4) is 0 Å². The second-order valence-corrected chi connectivity index (χ2v) is 11.4. The fraction of sp³-hybridized carbons (Fsp3) is 1.00. The molecule has 44 valence electrons. The zero-order valence-corrected chi connectivity index (χ0v) is 8.33. The van der Waals surface area contributed by atoms with Crippen molar-refractivity contribution in [2.24, 2.45) is 0 Å². The summed E-state index contributed by atoms with van der Waals surface area (Å²) >= 11 is 0.921. The fourth-order valence-corrected chi connectivity index (χ4v) is 6.75. The van der Waals surface area contributed by atoms with Crippen molar-refractivity contribution in [3.63, 3.8) is 0 Å². The molecule has 0 spiro atoms. The SMILES string of the molecule is C[Se]C[Si](C)(C)C. The summed E-state index contributed by atoms with van der Waals surface area (Å²) in [6.45, 7) is 7.29. The first-order valence-electron chi connectivity index (χ1n) is 2.55. The quantitative estimate of drug-likeness (QED) is 0.572. The molecule has 0 aliphatic rings. The Bertz CT molecular complexity index is 46.5. The molecule has 0 heterocycles. The van der Waals surface area contributed by atoms with E-state index in [1.54, 1.807) is 4.94 Å². The van der Waals surface area contributed by atoms with Crippen LogP contribution in [0.1, 0.15) is 0 Å². The molecule has 2 heteroatoms. The molecule has 0 bridgehead atoms. The van der Waals surface area contributed by atoms with Crippen LogP contribution in [0, 0.1) is 0 Å². The van der Waals surface area contributed by atoms with Gasteiger partial charge in [0.1, 0.15) is 0 Å². The number of hydrogen-bond acceptors (Lipinski definition) is 0. The van der Waals surface area contributed by atoms with E-state index in [4.69, 9.17) is 0 Å². The molecule has 0 saturated heterocycles. The van der Waals surface area contributed by atoms with Crippen LogP contribution in [-0.2, 0) is 0 Å². The van der Waals surface area contributed by atoms with Crippen molar-refractivity contribution in [2.45, 2.75) is 30.4 Å². The molecule has 0 unspecified atom stereocenters. The average Bonchev–Trinajstić information content (AvgIpc) is 1.30. The molecular formula is C5H14SeSi. The van der Waals surface area contributed by atoms with Gasteiger partial charge >= 0.3 is 53.4 Å². The van der Waals surface area contributed by atoms with Gasteiger partial charge in [0, 0.05) is 0 Å². The van der Waals surface area contributed by atoms with Gasteiger partial charge in [-0.1, -0.05) is 0 Å². The van der Waals surface area contributed by atoms with E-state index in [1.165, 1.54) is 0 Å². The van der Waals surface area contributed by atoms with E-state index < -0.39 is 8.07 Å². The normalized spacial score (nSPS) is 12.0. The molecule has 0 radical (unpaired) electrons. The van der Waals surface area contributed by atoms with Crippen molar-refractivity contribution < 1.29 is 0 Å². The van der Waals surface area contributed by atoms with Gasteiger partial charge < -0.3 is 0 Å². The van der Waals surface area contributed by atoms with Crippen LogP contribution in [-0.4, -0.2) is 23.0 Å². The van der Waals surface area contributed by atoms with Crippen LogP contribution in [0.3, 0.4) is 0 Å². The molecule has 0 N–H and O–H groups in total. The Morgan fingerprint density at radius 3 is 1.71 bits per heavy atom. The Kier molecular flexibility index (Phi) is 3.21. The van der Waals surface area contributed by atoms with E-state index >= 15 is 0 Å². The summed E-state index contributed by atoms with van der Waals surface area (Å²) in [4.78, 5) is 1.54. The second-order valence-electron chi connectivity index (χ2n) is 2.99. The third kappa shape index (κ3) is 6.74. The molecule has 0 amide bonds. The maximum absolute atomic E-state index is 2.43. The zero-order valence-electron chi connectivity index (χ0n) is 5.62. The van der Waals surface area contributed by atoms with Crippen LogP contribution < -0.4 is 0 Å². The number of hydrogen-bond donors (Lipinski definition) is 0. The summed E-state index contributed by atoms with van der Waals surface area (Å²) in [6.07, 6.45) is 0. The zero-order chi connectivity index (χ0) is 5.91. The Hall–Kier alpha value is 0.736. The summed E-state index contributed by atoms with van der Waals surface area (Å²) in [5, 5.41) is 0. The molecule has 0 aromatic heterocycles. The van der Waals surface area contributed by atoms with Crippen molar-refractivity contribution in [2.75, 3.05) is 0 Å². The Labute approximate surface area is 53.9 Å². The molecule has 0 aromatic rings. The van der Waals surface area contributed by atoms with Gasteiger partial charge in [0.2, 0.25) is 0 Å². The van der Waals surface area contributed by atoms with E-state index in [9.17, 15) is 0 Å². The predicted molar refractivity (Wildman–Crippen MR) is 39.8 cm³/mol. The minimum absolute atomic E-state index is 0.629. The molecule has 0 nitrogen and oxygen atoms in total. The van der Waals surface area contributed by atoms with Crippen LogP contribution in [0.2, 0.25) is 30.4 Å². The molecule has 7 heavy (non-hydrogen) atoms. The second kappa shape index (κ2) is 2.90. The van der Waals surface area contributed by atoms with Crippen molar-refractivity contribution in [1.29, 1.82) is 0 Å². The molecule has 0 aliphatic heterocycles. The van der Waals surface area contributed by atoms with Gasteiger partial charge in [-0.15, -0.1) is 0 Å². The van der Waals surface area contributed by atoms with Gasteiger partial charge in [-0.25, -0.2) is 0 Å². The first-order valence-corrected chi connectivity index (χ1v) is 9.18. The molecule has 0 fully saturated rings. The molecule has 0 aliphatic carbocycles. The average molecular weight is 181 g/mol. The molecular weight excluding hydrogens is 167 g/mol. The van der Waals surface area contributed by atoms with Crippen LogP contribution in [0.25, 0.3) is 0 Å². The van der Waals surface area contributed by atoms with Crippen LogP contribution in [0.4, 0.5) is 0 Å². The molecule has 0 atom stereocenters. The minimum atomic E-state index is -0.629. The first kappa shape index (κ1) is 7.74. The fourth-order valence-electron chi connectivity index (χ4n) is 0.433. The summed E-state index contributed by atoms with van der Waals surface area (Å²) < 4.78 is 0. The maximum atomic E-state index is 2.43. The van der Waals surface area contributed by atoms with Gasteiger partial charge in [-0.2, -0.15) is 0 Å². The van der Waals surface area contributed by atoms with E-state index in [-0.39, 0.29) is 0 Å². The van der Waals surface area contributed by atoms with Crippen molar-refractivity contribution in [1.82, 2.24) is 0 Å². The van der Waals surface area contributed by atoms with Gasteiger partial charge in [-0.3, -0.25) is 0 Å². The van der Waals surface area contributed by atoms with Gasteiger partial charge in [0.05, 0.1) is 0 Å². The van der Waals surface area contributed by atoms with Crippen LogP contribution in [0.5, 0.6) is 0 Å². The van der Waals surface area contributed by atoms with E-state index in [0.29, 0.717) is 0 Å². The summed E-state index contributed by atoms with van der Waals surface area (Å²) in [5.74, 6) is 2.32. The van der Waals surface area contributed by atoms with E-state index in [0.717, 1.165) is 15.0 Å². The molecule has 0 aromatic carbocycles. The summed E-state index contributed by atoms with van der Waals surface area (Å²) in [6, 6.07) is 0. The van der Waals surface area contributed by atoms with Gasteiger partial charge in [0.15, 0.2) is 0 Å². The van der Waals surface area contributed by atoms with E-state index in [2.05, 4.69) is 25.5 Å². The summed E-state index contributed by atoms with van der Waals surface area (Å²) in [7, 11) is -0.629. The van der Waals surface area contributed by atoms with Gasteiger partial charge in [0.25, 0.3) is 0 Å². The van der Waals surface area contributed by atoms with Crippen LogP contribution >= 0.6 is 0 Å².